The fourth-order valence-corrected chi connectivity index (χ4v) is 5.23. The van der Waals surface area contributed by atoms with E-state index in [0.29, 0.717) is 0 Å². The summed E-state index contributed by atoms with van der Waals surface area (Å²) >= 11 is 0. The van der Waals surface area contributed by atoms with Gasteiger partial charge in [-0.25, -0.2) is 0 Å². The summed E-state index contributed by atoms with van der Waals surface area (Å²) in [7, 11) is -5.89. The van der Waals surface area contributed by atoms with Gasteiger partial charge in [0.15, 0.2) is 0 Å². The van der Waals surface area contributed by atoms with Gasteiger partial charge < -0.3 is 4.18 Å². The molecule has 0 radical (unpaired) electrons. The van der Waals surface area contributed by atoms with Gasteiger partial charge in [-0.1, -0.05) is 62.3 Å². The molecule has 0 unspecified atom stereocenters. The molecule has 26 heavy (non-hydrogen) atoms. The van der Waals surface area contributed by atoms with Crippen LogP contribution in [-0.2, 0) is 14.3 Å². The van der Waals surface area contributed by atoms with E-state index in [-0.39, 0.29) is 0 Å². The highest BCUT2D eigenvalue weighted by Crippen LogP contribution is 2.79. The molecular weight excluding hydrogens is 367 g/mol. The van der Waals surface area contributed by atoms with E-state index in [1.54, 1.807) is 13.0 Å². The van der Waals surface area contributed by atoms with Crippen molar-refractivity contribution in [2.24, 2.45) is 27.1 Å². The summed E-state index contributed by atoms with van der Waals surface area (Å²) < 4.78 is 66.7. The monoisotopic (exact) mass is 395 g/mol. The van der Waals surface area contributed by atoms with Gasteiger partial charge in [0.1, 0.15) is 5.76 Å². The van der Waals surface area contributed by atoms with Crippen molar-refractivity contribution in [1.82, 2.24) is 0 Å². The Kier molecular flexibility index (Phi) is 4.94. The number of nitrogens with zero attached hydrogens (tertiary/aromatic N) is 1. The van der Waals surface area contributed by atoms with Crippen molar-refractivity contribution in [1.29, 1.82) is 5.26 Å². The third kappa shape index (κ3) is 2.42. The van der Waals surface area contributed by atoms with Gasteiger partial charge in [0.25, 0.3) is 0 Å². The van der Waals surface area contributed by atoms with Crippen molar-refractivity contribution < 1.29 is 25.8 Å². The maximum absolute atomic E-state index is 12.9. The molecule has 0 bridgehead atoms. The molecule has 1 aliphatic carbocycles. The standard InChI is InChI=1S/C18H28F3NO3S/c1-13(2)14(3,4)16(7,8)17(9,15(13,5)6)12(10-11-22)25-26(23,24)18(19,20)21/h10H,1-9H3/b12-10-. The second-order valence-electron chi connectivity index (χ2n) is 9.25. The van der Waals surface area contributed by atoms with E-state index < -0.39 is 48.5 Å². The average Bonchev–Trinajstić information content (AvgIpc) is 2.47. The van der Waals surface area contributed by atoms with E-state index in [2.05, 4.69) is 4.18 Å². The Bertz CT molecular complexity index is 740. The molecule has 0 atom stereocenters. The molecule has 0 heterocycles. The lowest BCUT2D eigenvalue weighted by Crippen LogP contribution is -2.46. The second kappa shape index (κ2) is 5.63. The van der Waals surface area contributed by atoms with Crippen LogP contribution in [0, 0.1) is 38.4 Å². The minimum absolute atomic E-state index is 0.419. The topological polar surface area (TPSA) is 67.2 Å². The Morgan fingerprint density at radius 1 is 0.885 bits per heavy atom. The first kappa shape index (κ1) is 22.8. The molecule has 4 nitrogen and oxygen atoms in total. The summed E-state index contributed by atoms with van der Waals surface area (Å²) in [6.45, 7) is 17.2. The van der Waals surface area contributed by atoms with E-state index in [1.807, 2.05) is 55.4 Å². The van der Waals surface area contributed by atoms with Gasteiger partial charge in [-0.3, -0.25) is 0 Å². The number of allylic oxidation sites excluding steroid dienone is 2. The van der Waals surface area contributed by atoms with Gasteiger partial charge in [0, 0.05) is 5.41 Å². The Labute approximate surface area is 154 Å². The molecule has 150 valence electrons. The number of nitriles is 1. The van der Waals surface area contributed by atoms with Gasteiger partial charge in [-0.05, 0) is 21.7 Å². The molecule has 1 fully saturated rings. The predicted octanol–water partition coefficient (Wildman–Crippen LogP) is 5.38. The van der Waals surface area contributed by atoms with Crippen LogP contribution in [0.25, 0.3) is 0 Å². The van der Waals surface area contributed by atoms with E-state index >= 15 is 0 Å². The average molecular weight is 395 g/mol. The zero-order chi connectivity index (χ0) is 21.2. The summed E-state index contributed by atoms with van der Waals surface area (Å²) in [4.78, 5) is 0. The zero-order valence-electron chi connectivity index (χ0n) is 16.8. The van der Waals surface area contributed by atoms with Crippen LogP contribution in [0.5, 0.6) is 0 Å². The second-order valence-corrected chi connectivity index (χ2v) is 10.8. The molecule has 0 N–H and O–H groups in total. The molecule has 0 aromatic rings. The van der Waals surface area contributed by atoms with Gasteiger partial charge in [-0.15, -0.1) is 0 Å². The highest BCUT2D eigenvalue weighted by atomic mass is 32.2. The number of rotatable bonds is 3. The van der Waals surface area contributed by atoms with Crippen LogP contribution < -0.4 is 0 Å². The summed E-state index contributed by atoms with van der Waals surface area (Å²) in [6, 6.07) is 1.66. The predicted molar refractivity (Wildman–Crippen MR) is 93.0 cm³/mol. The molecule has 0 aromatic carbocycles. The fraction of sp³-hybridized carbons (Fsp3) is 0.833. The van der Waals surface area contributed by atoms with Crippen molar-refractivity contribution in [2.45, 2.75) is 67.8 Å². The first-order valence-electron chi connectivity index (χ1n) is 8.28. The van der Waals surface area contributed by atoms with Crippen molar-refractivity contribution in [2.75, 3.05) is 0 Å². The largest absolute Gasteiger partial charge is 0.534 e. The van der Waals surface area contributed by atoms with Crippen LogP contribution in [-0.4, -0.2) is 13.9 Å². The molecule has 0 aliphatic heterocycles. The van der Waals surface area contributed by atoms with Crippen LogP contribution in [0.4, 0.5) is 13.2 Å². The molecule has 1 rings (SSSR count). The number of hydrogen-bond donors (Lipinski definition) is 0. The Morgan fingerprint density at radius 2 is 1.23 bits per heavy atom. The first-order chi connectivity index (χ1) is 11.2. The van der Waals surface area contributed by atoms with Crippen molar-refractivity contribution >= 4 is 10.1 Å². The Balaban J connectivity index is 3.83. The lowest BCUT2D eigenvalue weighted by molar-refractivity contribution is -0.0584. The maximum Gasteiger partial charge on any atom is 0.534 e. The number of halogens is 3. The van der Waals surface area contributed by atoms with Gasteiger partial charge in [0.2, 0.25) is 0 Å². The molecule has 0 saturated heterocycles. The number of hydrogen-bond acceptors (Lipinski definition) is 4. The van der Waals surface area contributed by atoms with Crippen LogP contribution in [0.3, 0.4) is 0 Å². The van der Waals surface area contributed by atoms with Gasteiger partial charge in [-0.2, -0.15) is 26.9 Å². The minimum atomic E-state index is -5.89. The highest BCUT2D eigenvalue weighted by Gasteiger charge is 2.75. The summed E-state index contributed by atoms with van der Waals surface area (Å²) in [6.07, 6.45) is 0.782. The maximum atomic E-state index is 12.9. The SMILES string of the molecule is CC1(C)C(C)(C)C(C)(C)C(C)(/C(=C/C#N)OS(=O)(=O)C(F)(F)F)C1(C)C. The zero-order valence-corrected chi connectivity index (χ0v) is 17.6. The Hall–Kier alpha value is -1.23. The molecule has 1 aliphatic rings. The fourth-order valence-electron chi connectivity index (χ4n) is 4.69. The summed E-state index contributed by atoms with van der Waals surface area (Å²) in [5.41, 5.74) is -8.97. The van der Waals surface area contributed by atoms with E-state index in [9.17, 15) is 21.6 Å². The smallest absolute Gasteiger partial charge is 0.379 e. The number of alkyl halides is 3. The van der Waals surface area contributed by atoms with Gasteiger partial charge in [0.05, 0.1) is 12.1 Å². The Morgan fingerprint density at radius 3 is 1.50 bits per heavy atom. The van der Waals surface area contributed by atoms with E-state index in [4.69, 9.17) is 5.26 Å². The summed E-state index contributed by atoms with van der Waals surface area (Å²) in [5, 5.41) is 9.13. The normalized spacial score (nSPS) is 26.2. The third-order valence-electron chi connectivity index (χ3n) is 8.36. The van der Waals surface area contributed by atoms with Crippen LogP contribution in [0.15, 0.2) is 11.8 Å². The van der Waals surface area contributed by atoms with E-state index in [1.165, 1.54) is 0 Å². The molecule has 0 spiro atoms. The van der Waals surface area contributed by atoms with Crippen molar-refractivity contribution in [3.05, 3.63) is 11.8 Å². The van der Waals surface area contributed by atoms with Crippen molar-refractivity contribution in [3.63, 3.8) is 0 Å². The van der Waals surface area contributed by atoms with Gasteiger partial charge >= 0.3 is 15.6 Å². The molecule has 0 aromatic heterocycles. The highest BCUT2D eigenvalue weighted by molar-refractivity contribution is 7.87. The third-order valence-corrected chi connectivity index (χ3v) is 9.32. The minimum Gasteiger partial charge on any atom is -0.379 e. The first-order valence-corrected chi connectivity index (χ1v) is 9.68. The molecular formula is C18H28F3NO3S. The van der Waals surface area contributed by atoms with E-state index in [0.717, 1.165) is 6.08 Å². The van der Waals surface area contributed by atoms with Crippen molar-refractivity contribution in [3.8, 4) is 6.07 Å². The lowest BCUT2D eigenvalue weighted by atomic mass is 9.55. The summed E-state index contributed by atoms with van der Waals surface area (Å²) in [5.74, 6) is -0.481. The van der Waals surface area contributed by atoms with Crippen LogP contribution in [0.2, 0.25) is 0 Å². The lowest BCUT2D eigenvalue weighted by Gasteiger charge is -2.49. The van der Waals surface area contributed by atoms with Crippen LogP contribution >= 0.6 is 0 Å². The van der Waals surface area contributed by atoms with Crippen LogP contribution in [0.1, 0.15) is 62.3 Å². The quantitative estimate of drug-likeness (QED) is 0.278. The molecule has 0 amide bonds. The molecule has 8 heteroatoms. The molecule has 1 saturated carbocycles.